The molecule has 4 aromatic heterocycles. The standard InChI is InChI=1S/C32H24N4O/c1-20(2)24-11-8-15-29-30(24)31-25(32-35-27-13-3-4-14-28(27)36(29)32)18-23(19-34-31)37-22-10-7-9-21(17-22)26-12-5-6-16-33-26/h3-20H,1-2H3. The minimum absolute atomic E-state index is 0.353. The van der Waals surface area contributed by atoms with Crippen LogP contribution in [0, 0.1) is 0 Å². The number of para-hydroxylation sites is 2. The van der Waals surface area contributed by atoms with Crippen LogP contribution < -0.4 is 4.74 Å². The van der Waals surface area contributed by atoms with Gasteiger partial charge >= 0.3 is 0 Å². The lowest BCUT2D eigenvalue weighted by atomic mass is 9.96. The van der Waals surface area contributed by atoms with Crippen molar-refractivity contribution in [3.05, 3.63) is 109 Å². The summed E-state index contributed by atoms with van der Waals surface area (Å²) in [6.45, 7) is 4.45. The zero-order chi connectivity index (χ0) is 24.9. The molecule has 7 rings (SSSR count). The van der Waals surface area contributed by atoms with Crippen molar-refractivity contribution in [2.24, 2.45) is 0 Å². The van der Waals surface area contributed by atoms with E-state index in [-0.39, 0.29) is 0 Å². The molecule has 0 amide bonds. The van der Waals surface area contributed by atoms with E-state index in [2.05, 4.69) is 65.7 Å². The van der Waals surface area contributed by atoms with Gasteiger partial charge in [-0.2, -0.15) is 0 Å². The Balaban J connectivity index is 1.46. The maximum Gasteiger partial charge on any atom is 0.148 e. The van der Waals surface area contributed by atoms with E-state index >= 15 is 0 Å². The van der Waals surface area contributed by atoms with E-state index < -0.39 is 0 Å². The molecule has 0 radical (unpaired) electrons. The number of imidazole rings is 1. The van der Waals surface area contributed by atoms with Gasteiger partial charge in [0.2, 0.25) is 0 Å². The molecular formula is C32H24N4O. The van der Waals surface area contributed by atoms with Gasteiger partial charge in [0.05, 0.1) is 34.0 Å². The van der Waals surface area contributed by atoms with Gasteiger partial charge in [0.15, 0.2) is 0 Å². The molecule has 178 valence electrons. The number of aromatic nitrogens is 4. The Bertz CT molecular complexity index is 1940. The molecule has 0 aliphatic heterocycles. The van der Waals surface area contributed by atoms with Crippen LogP contribution in [-0.4, -0.2) is 19.4 Å². The van der Waals surface area contributed by atoms with E-state index in [4.69, 9.17) is 14.7 Å². The van der Waals surface area contributed by atoms with Gasteiger partial charge in [-0.25, -0.2) is 4.98 Å². The quantitative estimate of drug-likeness (QED) is 0.238. The maximum absolute atomic E-state index is 6.33. The molecule has 0 aliphatic rings. The second kappa shape index (κ2) is 8.42. The smallest absolute Gasteiger partial charge is 0.148 e. The highest BCUT2D eigenvalue weighted by Gasteiger charge is 2.18. The Morgan fingerprint density at radius 3 is 2.46 bits per heavy atom. The number of hydrogen-bond donors (Lipinski definition) is 0. The van der Waals surface area contributed by atoms with Crippen LogP contribution in [0.4, 0.5) is 0 Å². The first-order chi connectivity index (χ1) is 18.2. The van der Waals surface area contributed by atoms with E-state index in [1.54, 1.807) is 6.20 Å². The third kappa shape index (κ3) is 3.51. The largest absolute Gasteiger partial charge is 0.456 e. The molecule has 0 spiro atoms. The Hall–Kier alpha value is -4.77. The van der Waals surface area contributed by atoms with Crippen molar-refractivity contribution < 1.29 is 4.74 Å². The molecule has 0 aliphatic carbocycles. The normalized spacial score (nSPS) is 11.8. The lowest BCUT2D eigenvalue weighted by Gasteiger charge is -2.15. The highest BCUT2D eigenvalue weighted by molar-refractivity contribution is 6.13. The maximum atomic E-state index is 6.33. The van der Waals surface area contributed by atoms with E-state index in [0.29, 0.717) is 11.7 Å². The van der Waals surface area contributed by atoms with Crippen LogP contribution in [0.15, 0.2) is 103 Å². The van der Waals surface area contributed by atoms with E-state index in [1.165, 1.54) is 5.56 Å². The summed E-state index contributed by atoms with van der Waals surface area (Å²) in [6, 6.07) is 30.7. The number of nitrogens with zero attached hydrogens (tertiary/aromatic N) is 4. The van der Waals surface area contributed by atoms with E-state index in [1.807, 2.05) is 54.7 Å². The number of fused-ring (bicyclic) bond motifs is 8. The number of benzene rings is 3. The summed E-state index contributed by atoms with van der Waals surface area (Å²) in [5.74, 6) is 1.75. The molecule has 0 saturated heterocycles. The molecule has 0 saturated carbocycles. The van der Waals surface area contributed by atoms with Gasteiger partial charge in [-0.05, 0) is 60.0 Å². The minimum atomic E-state index is 0.353. The van der Waals surface area contributed by atoms with Gasteiger partial charge in [0.25, 0.3) is 0 Å². The molecule has 0 fully saturated rings. The monoisotopic (exact) mass is 480 g/mol. The third-order valence-corrected chi connectivity index (χ3v) is 6.87. The molecule has 3 aromatic carbocycles. The number of pyridine rings is 3. The van der Waals surface area contributed by atoms with Crippen molar-refractivity contribution >= 4 is 38.5 Å². The summed E-state index contributed by atoms with van der Waals surface area (Å²) >= 11 is 0. The van der Waals surface area contributed by atoms with Crippen molar-refractivity contribution in [1.82, 2.24) is 19.4 Å². The van der Waals surface area contributed by atoms with Gasteiger partial charge in [-0.15, -0.1) is 0 Å². The molecule has 0 bridgehead atoms. The minimum Gasteiger partial charge on any atom is -0.456 e. The van der Waals surface area contributed by atoms with E-state index in [9.17, 15) is 0 Å². The SMILES string of the molecule is CC(C)c1cccc2c1c1ncc(Oc3cccc(-c4ccccn4)c3)cc1c1nc3ccccc3n21. The van der Waals surface area contributed by atoms with Gasteiger partial charge in [-0.3, -0.25) is 14.4 Å². The molecule has 0 unspecified atom stereocenters. The molecule has 5 nitrogen and oxygen atoms in total. The highest BCUT2D eigenvalue weighted by Crippen LogP contribution is 2.37. The highest BCUT2D eigenvalue weighted by atomic mass is 16.5. The van der Waals surface area contributed by atoms with Crippen LogP contribution in [0.1, 0.15) is 25.3 Å². The van der Waals surface area contributed by atoms with Crippen molar-refractivity contribution in [3.8, 4) is 22.8 Å². The molecule has 4 heterocycles. The topological polar surface area (TPSA) is 52.3 Å². The van der Waals surface area contributed by atoms with Crippen LogP contribution in [0.3, 0.4) is 0 Å². The lowest BCUT2D eigenvalue weighted by Crippen LogP contribution is -1.98. The first-order valence-electron chi connectivity index (χ1n) is 12.5. The summed E-state index contributed by atoms with van der Waals surface area (Å²) in [7, 11) is 0. The average molecular weight is 481 g/mol. The van der Waals surface area contributed by atoms with Crippen LogP contribution in [-0.2, 0) is 0 Å². The zero-order valence-corrected chi connectivity index (χ0v) is 20.6. The first kappa shape index (κ1) is 21.5. The summed E-state index contributed by atoms with van der Waals surface area (Å²) in [5, 5.41) is 2.13. The average Bonchev–Trinajstić information content (AvgIpc) is 3.34. The zero-order valence-electron chi connectivity index (χ0n) is 20.6. The van der Waals surface area contributed by atoms with Gasteiger partial charge in [0.1, 0.15) is 17.1 Å². The molecule has 0 N–H and O–H groups in total. The predicted molar refractivity (Wildman–Crippen MR) is 149 cm³/mol. The molecule has 0 atom stereocenters. The van der Waals surface area contributed by atoms with Crippen LogP contribution in [0.2, 0.25) is 0 Å². The van der Waals surface area contributed by atoms with Gasteiger partial charge < -0.3 is 4.74 Å². The van der Waals surface area contributed by atoms with Gasteiger partial charge in [-0.1, -0.05) is 56.3 Å². The van der Waals surface area contributed by atoms with E-state index in [0.717, 1.165) is 55.5 Å². The lowest BCUT2D eigenvalue weighted by molar-refractivity contribution is 0.481. The molecular weight excluding hydrogens is 456 g/mol. The van der Waals surface area contributed by atoms with Crippen LogP contribution in [0.25, 0.3) is 49.7 Å². The number of ether oxygens (including phenoxy) is 1. The van der Waals surface area contributed by atoms with Crippen LogP contribution in [0.5, 0.6) is 11.5 Å². The van der Waals surface area contributed by atoms with Crippen molar-refractivity contribution in [3.63, 3.8) is 0 Å². The van der Waals surface area contributed by atoms with Crippen LogP contribution >= 0.6 is 0 Å². The Labute approximate surface area is 214 Å². The Kier molecular flexibility index (Phi) is 4.89. The molecule has 7 aromatic rings. The summed E-state index contributed by atoms with van der Waals surface area (Å²) in [4.78, 5) is 14.5. The molecule has 37 heavy (non-hydrogen) atoms. The van der Waals surface area contributed by atoms with Crippen molar-refractivity contribution in [2.75, 3.05) is 0 Å². The fraction of sp³-hybridized carbons (Fsp3) is 0.0938. The summed E-state index contributed by atoms with van der Waals surface area (Å²) in [5.41, 5.74) is 8.16. The fourth-order valence-electron chi connectivity index (χ4n) is 5.19. The first-order valence-corrected chi connectivity index (χ1v) is 12.5. The summed E-state index contributed by atoms with van der Waals surface area (Å²) in [6.07, 6.45) is 3.61. The van der Waals surface area contributed by atoms with Crippen molar-refractivity contribution in [1.29, 1.82) is 0 Å². The Morgan fingerprint density at radius 2 is 1.59 bits per heavy atom. The predicted octanol–water partition coefficient (Wildman–Crippen LogP) is 8.17. The third-order valence-electron chi connectivity index (χ3n) is 6.87. The second-order valence-corrected chi connectivity index (χ2v) is 9.57. The summed E-state index contributed by atoms with van der Waals surface area (Å²) < 4.78 is 8.59. The fourth-order valence-corrected chi connectivity index (χ4v) is 5.19. The van der Waals surface area contributed by atoms with Crippen molar-refractivity contribution in [2.45, 2.75) is 19.8 Å². The van der Waals surface area contributed by atoms with Gasteiger partial charge in [0, 0.05) is 22.5 Å². The number of rotatable bonds is 4. The molecule has 5 heteroatoms. The second-order valence-electron chi connectivity index (χ2n) is 9.57. The number of hydrogen-bond acceptors (Lipinski definition) is 4. The Morgan fingerprint density at radius 1 is 0.757 bits per heavy atom.